The van der Waals surface area contributed by atoms with E-state index < -0.39 is 0 Å². The van der Waals surface area contributed by atoms with Crippen molar-refractivity contribution >= 4 is 11.9 Å². The van der Waals surface area contributed by atoms with Gasteiger partial charge in [-0.1, -0.05) is 302 Å². The molecule has 0 aliphatic heterocycles. The fourth-order valence-electron chi connectivity index (χ4n) is 7.80. The van der Waals surface area contributed by atoms with Crippen molar-refractivity contribution in [3.05, 3.63) is 126 Å². The molecule has 2 aliphatic rings. The minimum Gasteiger partial charge on any atom is -0.494 e. The summed E-state index contributed by atoms with van der Waals surface area (Å²) < 4.78 is 14.1. The number of ether oxygens (including phenoxy) is 3. The summed E-state index contributed by atoms with van der Waals surface area (Å²) in [6.07, 6.45) is 37.7. The fraction of sp³-hybridized carbons (Fsp3) is 0.696. The van der Waals surface area contributed by atoms with Gasteiger partial charge in [-0.3, -0.25) is 9.59 Å². The van der Waals surface area contributed by atoms with Crippen molar-refractivity contribution in [2.24, 2.45) is 23.2 Å². The van der Waals surface area contributed by atoms with Crippen LogP contribution in [0.1, 0.15) is 285 Å². The first-order valence-corrected chi connectivity index (χ1v) is 34.4. The molecule has 0 atom stereocenters. The molecule has 7 heteroatoms. The summed E-state index contributed by atoms with van der Waals surface area (Å²) in [5.74, 6) is 3.97. The van der Waals surface area contributed by atoms with E-state index in [0.29, 0.717) is 11.8 Å². The number of nitrogens with zero attached hydrogens (tertiary/aromatic N) is 1. The van der Waals surface area contributed by atoms with Gasteiger partial charge in [0, 0.05) is 33.6 Å². The van der Waals surface area contributed by atoms with E-state index in [0.717, 1.165) is 62.6 Å². The highest BCUT2D eigenvalue weighted by molar-refractivity contribution is 5.72. The molecule has 0 aromatic heterocycles. The number of amides is 1. The van der Waals surface area contributed by atoms with Crippen molar-refractivity contribution in [3.63, 3.8) is 0 Å². The lowest BCUT2D eigenvalue weighted by atomic mass is 9.86. The Morgan fingerprint density at radius 3 is 1.16 bits per heavy atom. The first-order chi connectivity index (χ1) is 41.1. The van der Waals surface area contributed by atoms with Crippen LogP contribution < -0.4 is 10.1 Å². The first kappa shape index (κ1) is 98.1. The molecule has 86 heavy (non-hydrogen) atoms. The van der Waals surface area contributed by atoms with E-state index in [1.54, 1.807) is 7.11 Å². The third kappa shape index (κ3) is 105. The van der Waals surface area contributed by atoms with Gasteiger partial charge in [0.15, 0.2) is 0 Å². The lowest BCUT2D eigenvalue weighted by Gasteiger charge is -2.20. The molecular weight excluding hydrogens is 1060 g/mol. The molecule has 506 valence electrons. The maximum absolute atomic E-state index is 10.2. The van der Waals surface area contributed by atoms with E-state index in [4.69, 9.17) is 4.74 Å². The van der Waals surface area contributed by atoms with Crippen molar-refractivity contribution in [1.82, 2.24) is 10.2 Å². The Morgan fingerprint density at radius 2 is 0.965 bits per heavy atom. The number of allylic oxidation sites excluding steroid dienone is 4. The highest BCUT2D eigenvalue weighted by Gasteiger charge is 2.13. The van der Waals surface area contributed by atoms with Gasteiger partial charge in [-0.05, 0) is 141 Å². The van der Waals surface area contributed by atoms with Gasteiger partial charge >= 0.3 is 5.97 Å². The highest BCUT2D eigenvalue weighted by Crippen LogP contribution is 2.28. The monoisotopic (exact) mass is 1210 g/mol. The summed E-state index contributed by atoms with van der Waals surface area (Å²) in [6, 6.07) is 30.8. The molecular formula is C79H150N2O5. The quantitative estimate of drug-likeness (QED) is 0.107. The predicted molar refractivity (Wildman–Crippen MR) is 390 cm³/mol. The van der Waals surface area contributed by atoms with Crippen LogP contribution in [0.5, 0.6) is 5.75 Å². The summed E-state index contributed by atoms with van der Waals surface area (Å²) in [6.45, 7) is 47.6. The van der Waals surface area contributed by atoms with Crippen LogP contribution in [0, 0.1) is 23.2 Å². The number of carbonyl (C=O) groups is 2. The molecule has 3 aromatic rings. The van der Waals surface area contributed by atoms with E-state index in [2.05, 4.69) is 171 Å². The van der Waals surface area contributed by atoms with Gasteiger partial charge in [0.25, 0.3) is 0 Å². The zero-order chi connectivity index (χ0) is 67.3. The van der Waals surface area contributed by atoms with Crippen molar-refractivity contribution in [2.45, 2.75) is 287 Å². The summed E-state index contributed by atoms with van der Waals surface area (Å²) >= 11 is 0. The lowest BCUT2D eigenvalue weighted by molar-refractivity contribution is -0.140. The van der Waals surface area contributed by atoms with Gasteiger partial charge in [0.1, 0.15) is 5.75 Å². The second-order valence-corrected chi connectivity index (χ2v) is 23.3. The number of hydrogen-bond acceptors (Lipinski definition) is 6. The van der Waals surface area contributed by atoms with Crippen LogP contribution in [0.4, 0.5) is 0 Å². The third-order valence-electron chi connectivity index (χ3n) is 12.8. The summed E-state index contributed by atoms with van der Waals surface area (Å²) in [4.78, 5) is 22.2. The number of esters is 1. The van der Waals surface area contributed by atoms with Crippen molar-refractivity contribution in [1.29, 1.82) is 0 Å². The van der Waals surface area contributed by atoms with Crippen molar-refractivity contribution < 1.29 is 23.8 Å². The summed E-state index contributed by atoms with van der Waals surface area (Å²) in [7, 11) is 7.19. The average Bonchev–Trinajstić information content (AvgIpc) is 4.04. The number of nitrogens with one attached hydrogen (secondary N) is 1. The normalized spacial score (nSPS) is 11.8. The van der Waals surface area contributed by atoms with Crippen LogP contribution in [0.25, 0.3) is 0 Å². The minimum absolute atomic E-state index is 0.0394. The van der Waals surface area contributed by atoms with Gasteiger partial charge in [-0.15, -0.1) is 0 Å². The second-order valence-electron chi connectivity index (χ2n) is 23.3. The molecule has 0 radical (unpaired) electrons. The van der Waals surface area contributed by atoms with Gasteiger partial charge in [-0.25, -0.2) is 0 Å². The standard InChI is InChI=1S/C9H18.C9H12.C8H10O.C8H10.C8H16.C7H16.C6H14.C5H10O2.C4H9NO.C4H11N.2C4H8.C3H8O/c2*1-2-6-9-7-4-3-5-8-9;1-2-9-8-6-4-3-5-7-8;1-2-8-6-4-3-5-7-8;1-2-5-8-6-3-4-7-8;1-5-6-7(2,3)4;1-4-5-6(2)3;1-3-4-5(6)7-2;1-3-5-4(2)6;1-4-5(2)3;3*1-3-4-2/h9H,2-8H2,1H3;3-5,7-8H,2,6H2,1H3;3-7H,2H2,1H3;3-7H,2H2,1H3;8H,2-7H2,1H3;5-6H2,1-4H3;6H,4-5H2,1-3H3;3-4H2,1-2H3;3H2,1-2H3,(H,5,6);4H2,1-3H3;2*3-4H,1-2H3;3H2,1-2H3/b;;;;;;;;;;4-3+;4-3-;. The molecule has 0 heterocycles. The number of carbonyl (C=O) groups excluding carboxylic acids is 2. The number of aryl methyl sites for hydroxylation is 2. The van der Waals surface area contributed by atoms with Crippen molar-refractivity contribution in [3.8, 4) is 5.75 Å². The van der Waals surface area contributed by atoms with Crippen LogP contribution in [0.3, 0.4) is 0 Å². The summed E-state index contributed by atoms with van der Waals surface area (Å²) in [5, 5.41) is 2.57. The van der Waals surface area contributed by atoms with E-state index in [9.17, 15) is 9.59 Å². The van der Waals surface area contributed by atoms with E-state index in [1.165, 1.54) is 147 Å². The second kappa shape index (κ2) is 85.0. The Morgan fingerprint density at radius 1 is 0.570 bits per heavy atom. The number of hydrogen-bond donors (Lipinski definition) is 1. The minimum atomic E-state index is -0.123. The Labute approximate surface area is 539 Å². The van der Waals surface area contributed by atoms with E-state index in [1.807, 2.05) is 116 Å². The number of rotatable bonds is 17. The van der Waals surface area contributed by atoms with Crippen LogP contribution in [0.2, 0.25) is 0 Å². The molecule has 5 rings (SSSR count). The van der Waals surface area contributed by atoms with Crippen LogP contribution in [0.15, 0.2) is 115 Å². The highest BCUT2D eigenvalue weighted by atomic mass is 16.5. The number of para-hydroxylation sites is 1. The maximum atomic E-state index is 10.2. The fourth-order valence-corrected chi connectivity index (χ4v) is 7.80. The molecule has 2 aliphatic carbocycles. The number of benzene rings is 3. The van der Waals surface area contributed by atoms with Gasteiger partial charge < -0.3 is 24.4 Å². The van der Waals surface area contributed by atoms with Crippen LogP contribution in [-0.4, -0.2) is 71.4 Å². The SMILES string of the molecule is C/C=C/C.C/C=C\C.CCCC(=O)OC.CCCC(C)(C)C.CCCC(C)C.CCCC1CCCC1.CCCC1CCCCC1.CCCc1ccccc1.CCN(C)C.CCNC(C)=O.CCOC.CCOc1ccccc1.CCc1ccccc1. The van der Waals surface area contributed by atoms with Crippen molar-refractivity contribution in [2.75, 3.05) is 54.6 Å². The van der Waals surface area contributed by atoms with Crippen LogP contribution >= 0.6 is 0 Å². The van der Waals surface area contributed by atoms with E-state index >= 15 is 0 Å². The molecule has 3 aromatic carbocycles. The Balaban J connectivity index is -0.000000129. The predicted octanol–water partition coefficient (Wildman–Crippen LogP) is 24.1. The van der Waals surface area contributed by atoms with Gasteiger partial charge in [0.2, 0.25) is 5.91 Å². The third-order valence-corrected chi connectivity index (χ3v) is 12.8. The molecule has 2 saturated carbocycles. The largest absolute Gasteiger partial charge is 0.494 e. The van der Waals surface area contributed by atoms with Crippen LogP contribution in [-0.2, 0) is 31.9 Å². The number of methoxy groups -OCH3 is 2. The van der Waals surface area contributed by atoms with Gasteiger partial charge in [-0.2, -0.15) is 0 Å². The topological polar surface area (TPSA) is 77.1 Å². The zero-order valence-electron chi connectivity index (χ0n) is 62.1. The Hall–Kier alpha value is -4.20. The Bertz CT molecular complexity index is 1610. The molecule has 2 fully saturated rings. The maximum Gasteiger partial charge on any atom is 0.305 e. The molecule has 0 saturated heterocycles. The molecule has 1 amide bonds. The van der Waals surface area contributed by atoms with Gasteiger partial charge in [0.05, 0.1) is 13.7 Å². The molecule has 0 unspecified atom stereocenters. The lowest BCUT2D eigenvalue weighted by Crippen LogP contribution is -2.18. The molecule has 7 nitrogen and oxygen atoms in total. The molecule has 0 spiro atoms. The zero-order valence-corrected chi connectivity index (χ0v) is 62.1. The first-order valence-electron chi connectivity index (χ1n) is 34.4. The van der Waals surface area contributed by atoms with E-state index in [-0.39, 0.29) is 11.9 Å². The average molecular weight is 1210 g/mol. The molecule has 0 bridgehead atoms. The smallest absolute Gasteiger partial charge is 0.305 e. The Kier molecular flexibility index (Phi) is 96.9. The summed E-state index contributed by atoms with van der Waals surface area (Å²) in [5.41, 5.74) is 3.40. The molecule has 1 N–H and O–H groups in total.